The molecule has 1 aromatic heterocycles. The van der Waals surface area contributed by atoms with Gasteiger partial charge in [0.2, 0.25) is 11.6 Å². The Morgan fingerprint density at radius 3 is 2.64 bits per heavy atom. The number of aromatic nitrogens is 1. The zero-order valence-electron chi connectivity index (χ0n) is 13.6. The predicted octanol–water partition coefficient (Wildman–Crippen LogP) is 3.91. The lowest BCUT2D eigenvalue weighted by molar-refractivity contribution is 0.399. The van der Waals surface area contributed by atoms with Crippen molar-refractivity contribution in [1.29, 1.82) is 5.26 Å². The summed E-state index contributed by atoms with van der Waals surface area (Å²) in [6.45, 7) is 10.0. The van der Waals surface area contributed by atoms with Crippen LogP contribution in [0.1, 0.15) is 49.0 Å². The topological polar surface area (TPSA) is 74.2 Å². The fourth-order valence-corrected chi connectivity index (χ4v) is 1.92. The monoisotopic (exact) mass is 296 g/mol. The Hall–Kier alpha value is -2.61. The largest absolute Gasteiger partial charge is 0.421 e. The fraction of sp³-hybridized carbons (Fsp3) is 0.353. The fourth-order valence-electron chi connectivity index (χ4n) is 1.92. The number of hydrazone groups is 1. The molecule has 1 heterocycles. The second-order valence-corrected chi connectivity index (χ2v) is 6.29. The number of benzene rings is 1. The van der Waals surface area contributed by atoms with Crippen molar-refractivity contribution in [2.75, 3.05) is 5.43 Å². The van der Waals surface area contributed by atoms with E-state index in [1.165, 1.54) is 5.56 Å². The minimum absolute atomic E-state index is 0.211. The maximum absolute atomic E-state index is 9.12. The second kappa shape index (κ2) is 6.02. The van der Waals surface area contributed by atoms with Crippen LogP contribution in [0.2, 0.25) is 0 Å². The van der Waals surface area contributed by atoms with E-state index < -0.39 is 0 Å². The van der Waals surface area contributed by atoms with Crippen LogP contribution in [0, 0.1) is 25.2 Å². The van der Waals surface area contributed by atoms with Crippen LogP contribution in [0.3, 0.4) is 0 Å². The van der Waals surface area contributed by atoms with Gasteiger partial charge in [0.1, 0.15) is 6.07 Å². The molecule has 114 valence electrons. The van der Waals surface area contributed by atoms with Gasteiger partial charge in [-0.2, -0.15) is 15.3 Å². The molecule has 22 heavy (non-hydrogen) atoms. The van der Waals surface area contributed by atoms with Crippen molar-refractivity contribution < 1.29 is 4.42 Å². The SMILES string of the molecule is Cc1ccc(C=NNc2oc(C(C)(C)C)nc2C#N)c(C)c1. The molecule has 0 radical (unpaired) electrons. The molecular weight excluding hydrogens is 276 g/mol. The number of anilines is 1. The van der Waals surface area contributed by atoms with E-state index in [0.717, 1.165) is 11.1 Å². The van der Waals surface area contributed by atoms with Crippen LogP contribution in [0.15, 0.2) is 27.7 Å². The highest BCUT2D eigenvalue weighted by Crippen LogP contribution is 2.26. The van der Waals surface area contributed by atoms with Crippen LogP contribution in [0.5, 0.6) is 0 Å². The van der Waals surface area contributed by atoms with Gasteiger partial charge in [-0.25, -0.2) is 5.43 Å². The van der Waals surface area contributed by atoms with Gasteiger partial charge in [0.25, 0.3) is 5.88 Å². The van der Waals surface area contributed by atoms with Crippen LogP contribution in [0.4, 0.5) is 5.88 Å². The highest BCUT2D eigenvalue weighted by Gasteiger charge is 2.23. The van der Waals surface area contributed by atoms with Gasteiger partial charge in [-0.15, -0.1) is 0 Å². The molecule has 0 atom stereocenters. The highest BCUT2D eigenvalue weighted by atomic mass is 16.4. The van der Waals surface area contributed by atoms with Gasteiger partial charge in [-0.3, -0.25) is 0 Å². The van der Waals surface area contributed by atoms with E-state index in [1.54, 1.807) is 6.21 Å². The average Bonchev–Trinajstić information content (AvgIpc) is 2.84. The molecule has 2 aromatic rings. The maximum atomic E-state index is 9.12. The highest BCUT2D eigenvalue weighted by molar-refractivity contribution is 5.82. The average molecular weight is 296 g/mol. The Balaban J connectivity index is 2.19. The summed E-state index contributed by atoms with van der Waals surface area (Å²) in [5.41, 5.74) is 6.07. The summed E-state index contributed by atoms with van der Waals surface area (Å²) in [6.07, 6.45) is 1.70. The number of aryl methyl sites for hydroxylation is 2. The molecule has 0 fully saturated rings. The van der Waals surface area contributed by atoms with E-state index in [0.29, 0.717) is 5.89 Å². The van der Waals surface area contributed by atoms with Gasteiger partial charge in [0.05, 0.1) is 6.21 Å². The van der Waals surface area contributed by atoms with Gasteiger partial charge in [0.15, 0.2) is 0 Å². The smallest absolute Gasteiger partial charge is 0.252 e. The third-order valence-electron chi connectivity index (χ3n) is 3.17. The molecule has 0 saturated heterocycles. The zero-order valence-corrected chi connectivity index (χ0v) is 13.6. The Labute approximate surface area is 130 Å². The van der Waals surface area contributed by atoms with Crippen LogP contribution < -0.4 is 5.43 Å². The number of hydrogen-bond donors (Lipinski definition) is 1. The van der Waals surface area contributed by atoms with Crippen molar-refractivity contribution in [3.8, 4) is 6.07 Å². The molecule has 1 N–H and O–H groups in total. The molecule has 5 heteroatoms. The molecule has 0 bridgehead atoms. The number of nitriles is 1. The first-order valence-electron chi connectivity index (χ1n) is 7.09. The lowest BCUT2D eigenvalue weighted by Gasteiger charge is -2.11. The van der Waals surface area contributed by atoms with E-state index in [2.05, 4.69) is 21.6 Å². The zero-order chi connectivity index (χ0) is 16.3. The van der Waals surface area contributed by atoms with Crippen LogP contribution >= 0.6 is 0 Å². The van der Waals surface area contributed by atoms with Gasteiger partial charge < -0.3 is 4.42 Å². The van der Waals surface area contributed by atoms with E-state index in [4.69, 9.17) is 9.68 Å². The molecule has 0 saturated carbocycles. The quantitative estimate of drug-likeness (QED) is 0.688. The summed E-state index contributed by atoms with van der Waals surface area (Å²) in [5, 5.41) is 13.3. The number of hydrogen-bond acceptors (Lipinski definition) is 5. The predicted molar refractivity (Wildman–Crippen MR) is 87.1 cm³/mol. The first-order valence-corrected chi connectivity index (χ1v) is 7.09. The maximum Gasteiger partial charge on any atom is 0.252 e. The van der Waals surface area contributed by atoms with E-state index >= 15 is 0 Å². The van der Waals surface area contributed by atoms with Gasteiger partial charge in [0, 0.05) is 5.41 Å². The first-order chi connectivity index (χ1) is 10.3. The molecule has 5 nitrogen and oxygen atoms in total. The Morgan fingerprint density at radius 1 is 1.32 bits per heavy atom. The van der Waals surface area contributed by atoms with Gasteiger partial charge >= 0.3 is 0 Å². The molecule has 2 rings (SSSR count). The van der Waals surface area contributed by atoms with Crippen molar-refractivity contribution in [2.24, 2.45) is 5.10 Å². The summed E-state index contributed by atoms with van der Waals surface area (Å²) >= 11 is 0. The third kappa shape index (κ3) is 3.53. The van der Waals surface area contributed by atoms with Crippen molar-refractivity contribution >= 4 is 12.1 Å². The summed E-state index contributed by atoms with van der Waals surface area (Å²) in [4.78, 5) is 4.19. The summed E-state index contributed by atoms with van der Waals surface area (Å²) in [6, 6.07) is 8.14. The third-order valence-corrected chi connectivity index (χ3v) is 3.17. The van der Waals surface area contributed by atoms with Crippen molar-refractivity contribution in [2.45, 2.75) is 40.0 Å². The minimum atomic E-state index is -0.261. The Kier molecular flexibility index (Phi) is 4.32. The van der Waals surface area contributed by atoms with E-state index in [9.17, 15) is 0 Å². The van der Waals surface area contributed by atoms with Crippen LogP contribution in [-0.2, 0) is 5.41 Å². The number of oxazole rings is 1. The lowest BCUT2D eigenvalue weighted by atomic mass is 9.97. The molecule has 0 aliphatic heterocycles. The standard InChI is InChI=1S/C17H20N4O/c1-11-6-7-13(12(2)8-11)10-19-21-15-14(9-18)20-16(22-15)17(3,4)5/h6-8,10,21H,1-5H3. The summed E-state index contributed by atoms with van der Waals surface area (Å²) in [7, 11) is 0. The van der Waals surface area contributed by atoms with Crippen LogP contribution in [-0.4, -0.2) is 11.2 Å². The lowest BCUT2D eigenvalue weighted by Crippen LogP contribution is -2.11. The second-order valence-electron chi connectivity index (χ2n) is 6.29. The number of nitrogens with one attached hydrogen (secondary N) is 1. The molecule has 0 aliphatic rings. The molecular formula is C17H20N4O. The molecule has 0 amide bonds. The molecule has 0 spiro atoms. The Morgan fingerprint density at radius 2 is 2.05 bits per heavy atom. The minimum Gasteiger partial charge on any atom is -0.421 e. The van der Waals surface area contributed by atoms with Gasteiger partial charge in [-0.05, 0) is 25.0 Å². The van der Waals surface area contributed by atoms with Crippen molar-refractivity contribution in [3.05, 3.63) is 46.5 Å². The summed E-state index contributed by atoms with van der Waals surface area (Å²) in [5.74, 6) is 0.779. The normalized spacial score (nSPS) is 11.6. The molecule has 0 unspecified atom stereocenters. The number of rotatable bonds is 3. The van der Waals surface area contributed by atoms with Crippen LogP contribution in [0.25, 0.3) is 0 Å². The molecule has 1 aromatic carbocycles. The Bertz CT molecular complexity index is 745. The van der Waals surface area contributed by atoms with E-state index in [1.807, 2.05) is 52.8 Å². The van der Waals surface area contributed by atoms with Gasteiger partial charge in [-0.1, -0.05) is 44.5 Å². The summed E-state index contributed by atoms with van der Waals surface area (Å²) < 4.78 is 5.60. The first kappa shape index (κ1) is 15.8. The number of nitrogens with zero attached hydrogens (tertiary/aromatic N) is 3. The van der Waals surface area contributed by atoms with Crippen molar-refractivity contribution in [1.82, 2.24) is 4.98 Å². The van der Waals surface area contributed by atoms with E-state index in [-0.39, 0.29) is 17.0 Å². The van der Waals surface area contributed by atoms with Crippen molar-refractivity contribution in [3.63, 3.8) is 0 Å². The molecule has 0 aliphatic carbocycles.